The Balaban J connectivity index is 4.27. The highest BCUT2D eigenvalue weighted by Crippen LogP contribution is 2.43. The Morgan fingerprint density at radius 1 is 0.614 bits per heavy atom. The lowest BCUT2D eigenvalue weighted by Gasteiger charge is -2.24. The molecule has 9 heteroatoms. The number of likely N-dealkylation sites (N-methyl/N-ethyl adjacent to an activating group) is 1. The summed E-state index contributed by atoms with van der Waals surface area (Å²) in [4.78, 5) is 22.6. The van der Waals surface area contributed by atoms with E-state index in [0.717, 1.165) is 32.1 Å². The molecule has 0 radical (unpaired) electrons. The van der Waals surface area contributed by atoms with Gasteiger partial charge in [-0.3, -0.25) is 13.8 Å². The fourth-order valence-corrected chi connectivity index (χ4v) is 5.76. The average molecular weight is 651 g/mol. The van der Waals surface area contributed by atoms with Crippen LogP contribution in [-0.2, 0) is 27.9 Å². The summed E-state index contributed by atoms with van der Waals surface area (Å²) in [5.74, 6) is -0.315. The zero-order chi connectivity index (χ0) is 32.8. The van der Waals surface area contributed by atoms with E-state index >= 15 is 0 Å². The van der Waals surface area contributed by atoms with Crippen LogP contribution < -0.4 is 0 Å². The predicted octanol–water partition coefficient (Wildman–Crippen LogP) is 9.77. The maximum Gasteiger partial charge on any atom is 0.472 e. The molecular weight excluding hydrogens is 577 g/mol. The van der Waals surface area contributed by atoms with E-state index in [2.05, 4.69) is 13.8 Å². The van der Waals surface area contributed by atoms with Crippen LogP contribution in [0.25, 0.3) is 0 Å². The van der Waals surface area contributed by atoms with Crippen LogP contribution in [0.4, 0.5) is 0 Å². The molecule has 0 fully saturated rings. The minimum Gasteiger partial charge on any atom is -0.457 e. The Labute approximate surface area is 272 Å². The number of hydrogen-bond acceptors (Lipinski definition) is 6. The van der Waals surface area contributed by atoms with Crippen LogP contribution in [0, 0.1) is 0 Å². The molecule has 0 amide bonds. The molecule has 0 aromatic carbocycles. The van der Waals surface area contributed by atoms with Crippen molar-refractivity contribution in [2.24, 2.45) is 0 Å². The van der Waals surface area contributed by atoms with E-state index < -0.39 is 13.9 Å². The monoisotopic (exact) mass is 651 g/mol. The Bertz CT molecular complexity index is 686. The normalized spacial score (nSPS) is 14.0. The molecule has 0 heterocycles. The van der Waals surface area contributed by atoms with Crippen molar-refractivity contribution in [2.45, 2.75) is 168 Å². The number of ether oxygens (including phenoxy) is 2. The number of carbonyl (C=O) groups excluding carboxylic acids is 1. The van der Waals surface area contributed by atoms with Crippen molar-refractivity contribution in [1.29, 1.82) is 0 Å². The molecule has 0 saturated carbocycles. The van der Waals surface area contributed by atoms with Gasteiger partial charge in [-0.25, -0.2) is 4.57 Å². The van der Waals surface area contributed by atoms with Crippen molar-refractivity contribution >= 4 is 13.8 Å². The van der Waals surface area contributed by atoms with Gasteiger partial charge < -0.3 is 18.9 Å². The summed E-state index contributed by atoms with van der Waals surface area (Å²) in [6.45, 7) is 5.62. The van der Waals surface area contributed by atoms with Crippen molar-refractivity contribution in [1.82, 2.24) is 0 Å². The second-order valence-electron chi connectivity index (χ2n) is 13.6. The molecule has 0 aliphatic rings. The molecule has 0 aliphatic heterocycles. The van der Waals surface area contributed by atoms with E-state index in [-0.39, 0.29) is 25.8 Å². The van der Waals surface area contributed by atoms with Crippen LogP contribution in [0.1, 0.15) is 162 Å². The first kappa shape index (κ1) is 43.5. The highest BCUT2D eigenvalue weighted by Gasteiger charge is 2.26. The molecular formula is C35H73NO7P+. The zero-order valence-corrected chi connectivity index (χ0v) is 30.6. The molecule has 0 aromatic rings. The fraction of sp³-hybridized carbons (Fsp3) is 0.971. The molecule has 0 bridgehead atoms. The molecule has 0 spiro atoms. The van der Waals surface area contributed by atoms with Crippen LogP contribution in [0.15, 0.2) is 0 Å². The predicted molar refractivity (Wildman–Crippen MR) is 183 cm³/mol. The third-order valence-corrected chi connectivity index (χ3v) is 8.90. The third-order valence-electron chi connectivity index (χ3n) is 7.92. The summed E-state index contributed by atoms with van der Waals surface area (Å²) in [7, 11) is 1.68. The smallest absolute Gasteiger partial charge is 0.457 e. The number of esters is 1. The maximum absolute atomic E-state index is 12.5. The van der Waals surface area contributed by atoms with Crippen LogP contribution in [0.3, 0.4) is 0 Å². The van der Waals surface area contributed by atoms with E-state index in [4.69, 9.17) is 18.5 Å². The lowest BCUT2D eigenvalue weighted by atomic mass is 10.0. The molecule has 44 heavy (non-hydrogen) atoms. The van der Waals surface area contributed by atoms with E-state index in [1.165, 1.54) is 109 Å². The summed E-state index contributed by atoms with van der Waals surface area (Å²) in [6, 6.07) is 0. The van der Waals surface area contributed by atoms with Gasteiger partial charge in [0, 0.05) is 13.0 Å². The molecule has 8 nitrogen and oxygen atoms in total. The Kier molecular flexibility index (Phi) is 29.5. The van der Waals surface area contributed by atoms with Gasteiger partial charge in [-0.2, -0.15) is 0 Å². The number of rotatable bonds is 34. The second-order valence-corrected chi connectivity index (χ2v) is 15.1. The Morgan fingerprint density at radius 3 is 1.50 bits per heavy atom. The number of phosphoric acid groups is 1. The van der Waals surface area contributed by atoms with E-state index in [0.29, 0.717) is 24.1 Å². The molecule has 2 unspecified atom stereocenters. The number of carbonyl (C=O) groups is 1. The SMILES string of the molecule is CCCCCCCCCCCCCCCOCC(COP(=O)(O)OCC[N+](C)(C)C)OC(=O)CCCCCCCCCCC. The van der Waals surface area contributed by atoms with Crippen molar-refractivity contribution in [3.63, 3.8) is 0 Å². The van der Waals surface area contributed by atoms with Crippen LogP contribution in [0.2, 0.25) is 0 Å². The molecule has 0 aliphatic carbocycles. The Morgan fingerprint density at radius 2 is 1.05 bits per heavy atom. The van der Waals surface area contributed by atoms with E-state index in [1.54, 1.807) is 0 Å². The van der Waals surface area contributed by atoms with Gasteiger partial charge in [0.1, 0.15) is 19.3 Å². The summed E-state index contributed by atoms with van der Waals surface area (Å²) in [6.07, 6.45) is 26.9. The van der Waals surface area contributed by atoms with E-state index in [9.17, 15) is 14.3 Å². The minimum absolute atomic E-state index is 0.0931. The fourth-order valence-electron chi connectivity index (χ4n) is 5.02. The molecule has 0 saturated heterocycles. The van der Waals surface area contributed by atoms with Gasteiger partial charge in [0.2, 0.25) is 0 Å². The highest BCUT2D eigenvalue weighted by atomic mass is 31.2. The number of unbranched alkanes of at least 4 members (excludes halogenated alkanes) is 20. The molecule has 264 valence electrons. The van der Waals surface area contributed by atoms with Crippen molar-refractivity contribution in [3.05, 3.63) is 0 Å². The minimum atomic E-state index is -4.25. The van der Waals surface area contributed by atoms with Gasteiger partial charge >= 0.3 is 13.8 Å². The first-order chi connectivity index (χ1) is 21.1. The van der Waals surface area contributed by atoms with Gasteiger partial charge in [0.05, 0.1) is 34.4 Å². The number of nitrogens with zero attached hydrogens (tertiary/aromatic N) is 1. The second kappa shape index (κ2) is 29.9. The largest absolute Gasteiger partial charge is 0.472 e. The quantitative estimate of drug-likeness (QED) is 0.0321. The van der Waals surface area contributed by atoms with Gasteiger partial charge in [0.25, 0.3) is 0 Å². The van der Waals surface area contributed by atoms with Gasteiger partial charge in [0.15, 0.2) is 0 Å². The first-order valence-electron chi connectivity index (χ1n) is 18.3. The summed E-state index contributed by atoms with van der Waals surface area (Å²) >= 11 is 0. The van der Waals surface area contributed by atoms with Crippen LogP contribution in [-0.4, -0.2) is 75.6 Å². The number of quaternary nitrogens is 1. The topological polar surface area (TPSA) is 91.3 Å². The van der Waals surface area contributed by atoms with Crippen molar-refractivity contribution in [3.8, 4) is 0 Å². The third kappa shape index (κ3) is 32.9. The summed E-state index contributed by atoms with van der Waals surface area (Å²) in [5, 5.41) is 0. The molecule has 2 atom stereocenters. The average Bonchev–Trinajstić information content (AvgIpc) is 2.96. The lowest BCUT2D eigenvalue weighted by molar-refractivity contribution is -0.870. The first-order valence-corrected chi connectivity index (χ1v) is 19.8. The lowest BCUT2D eigenvalue weighted by Crippen LogP contribution is -2.37. The van der Waals surface area contributed by atoms with Gasteiger partial charge in [-0.1, -0.05) is 142 Å². The van der Waals surface area contributed by atoms with Gasteiger partial charge in [-0.05, 0) is 12.8 Å². The van der Waals surface area contributed by atoms with Crippen LogP contribution >= 0.6 is 7.82 Å². The Hall–Kier alpha value is -0.500. The van der Waals surface area contributed by atoms with Crippen molar-refractivity contribution < 1.29 is 37.3 Å². The van der Waals surface area contributed by atoms with E-state index in [1.807, 2.05) is 21.1 Å². The molecule has 1 N–H and O–H groups in total. The van der Waals surface area contributed by atoms with Crippen molar-refractivity contribution in [2.75, 3.05) is 54.1 Å². The highest BCUT2D eigenvalue weighted by molar-refractivity contribution is 7.47. The zero-order valence-electron chi connectivity index (χ0n) is 29.7. The molecule has 0 aromatic heterocycles. The standard InChI is InChI=1S/C35H72NO7P/c1-6-8-10-12-14-16-17-18-19-21-23-25-27-30-40-32-34(33-42-44(38,39)41-31-29-36(3,4)5)43-35(37)28-26-24-22-20-15-13-11-9-7-2/h34H,6-33H2,1-5H3/p+1. The maximum atomic E-state index is 12.5. The van der Waals surface area contributed by atoms with Gasteiger partial charge in [-0.15, -0.1) is 0 Å². The number of phosphoric ester groups is 1. The number of hydrogen-bond donors (Lipinski definition) is 1. The van der Waals surface area contributed by atoms with Crippen LogP contribution in [0.5, 0.6) is 0 Å². The summed E-state index contributed by atoms with van der Waals surface area (Å²) in [5.41, 5.74) is 0. The molecule has 0 rings (SSSR count). The summed E-state index contributed by atoms with van der Waals surface area (Å²) < 4.78 is 34.7.